The summed E-state index contributed by atoms with van der Waals surface area (Å²) in [6, 6.07) is 15.8. The van der Waals surface area contributed by atoms with Gasteiger partial charge in [-0.2, -0.15) is 0 Å². The van der Waals surface area contributed by atoms with Gasteiger partial charge in [0.25, 0.3) is 0 Å². The van der Waals surface area contributed by atoms with Gasteiger partial charge in [-0.25, -0.2) is 0 Å². The second-order valence-electron chi connectivity index (χ2n) is 5.14. The van der Waals surface area contributed by atoms with E-state index in [0.717, 1.165) is 32.6 Å². The van der Waals surface area contributed by atoms with Crippen LogP contribution in [0.15, 0.2) is 48.5 Å². The molecule has 0 unspecified atom stereocenters. The number of hydrogen-bond donors (Lipinski definition) is 1. The van der Waals surface area contributed by atoms with Gasteiger partial charge in [-0.05, 0) is 60.4 Å². The van der Waals surface area contributed by atoms with Crippen molar-refractivity contribution in [2.45, 2.75) is 13.8 Å². The average molecular weight is 316 g/mol. The highest BCUT2D eigenvalue weighted by Gasteiger charge is 2.13. The predicted octanol–water partition coefficient (Wildman–Crippen LogP) is 6.27. The Bertz CT molecular complexity index is 702. The molecule has 106 valence electrons. The summed E-state index contributed by atoms with van der Waals surface area (Å²) in [5.74, 6) is 0. The third kappa shape index (κ3) is 2.72. The Morgan fingerprint density at radius 3 is 1.29 bits per heavy atom. The molecule has 0 spiro atoms. The molecule has 1 aromatic heterocycles. The van der Waals surface area contributed by atoms with E-state index in [1.54, 1.807) is 0 Å². The van der Waals surface area contributed by atoms with Crippen molar-refractivity contribution in [1.29, 1.82) is 0 Å². The van der Waals surface area contributed by atoms with Crippen molar-refractivity contribution in [3.63, 3.8) is 0 Å². The molecule has 0 aliphatic carbocycles. The van der Waals surface area contributed by atoms with Gasteiger partial charge >= 0.3 is 0 Å². The summed E-state index contributed by atoms with van der Waals surface area (Å²) in [6.07, 6.45) is 0. The molecular weight excluding hydrogens is 301 g/mol. The van der Waals surface area contributed by atoms with Crippen molar-refractivity contribution in [2.75, 3.05) is 0 Å². The molecule has 0 atom stereocenters. The first kappa shape index (κ1) is 14.2. The van der Waals surface area contributed by atoms with Crippen LogP contribution < -0.4 is 0 Å². The van der Waals surface area contributed by atoms with Crippen LogP contribution >= 0.6 is 23.2 Å². The SMILES string of the molecule is Cc1c(-c2ccc(Cl)cc2)[nH]c(-c2ccc(Cl)cc2)c1C. The van der Waals surface area contributed by atoms with Crippen LogP contribution in [0.4, 0.5) is 0 Å². The molecule has 3 rings (SSSR count). The second-order valence-corrected chi connectivity index (χ2v) is 6.01. The minimum absolute atomic E-state index is 0.748. The Kier molecular flexibility index (Phi) is 3.79. The molecule has 3 heteroatoms. The van der Waals surface area contributed by atoms with E-state index >= 15 is 0 Å². The monoisotopic (exact) mass is 315 g/mol. The quantitative estimate of drug-likeness (QED) is 0.573. The van der Waals surface area contributed by atoms with Gasteiger partial charge in [0, 0.05) is 21.4 Å². The molecule has 1 nitrogen and oxygen atoms in total. The zero-order chi connectivity index (χ0) is 15.0. The molecule has 0 aliphatic heterocycles. The molecule has 0 saturated carbocycles. The fourth-order valence-electron chi connectivity index (χ4n) is 2.50. The number of aromatic amines is 1. The minimum atomic E-state index is 0.748. The smallest absolute Gasteiger partial charge is 0.0491 e. The van der Waals surface area contributed by atoms with Gasteiger partial charge in [0.15, 0.2) is 0 Å². The van der Waals surface area contributed by atoms with Crippen molar-refractivity contribution in [3.8, 4) is 22.5 Å². The molecule has 3 aromatic rings. The second kappa shape index (κ2) is 5.59. The third-order valence-corrected chi connectivity index (χ3v) is 4.33. The first-order valence-electron chi connectivity index (χ1n) is 6.77. The Labute approximate surface area is 134 Å². The summed E-state index contributed by atoms with van der Waals surface area (Å²) in [6.45, 7) is 4.27. The number of halogens is 2. The lowest BCUT2D eigenvalue weighted by atomic mass is 10.0. The fourth-order valence-corrected chi connectivity index (χ4v) is 2.75. The summed E-state index contributed by atoms with van der Waals surface area (Å²) in [5.41, 5.74) is 7.05. The van der Waals surface area contributed by atoms with Crippen molar-refractivity contribution < 1.29 is 0 Å². The van der Waals surface area contributed by atoms with Gasteiger partial charge in [-0.3, -0.25) is 0 Å². The Hall–Kier alpha value is -1.70. The van der Waals surface area contributed by atoms with Crippen LogP contribution in [0, 0.1) is 13.8 Å². The van der Waals surface area contributed by atoms with Crippen LogP contribution in [0.3, 0.4) is 0 Å². The van der Waals surface area contributed by atoms with Crippen molar-refractivity contribution in [3.05, 3.63) is 69.7 Å². The van der Waals surface area contributed by atoms with Crippen LogP contribution in [-0.2, 0) is 0 Å². The number of nitrogens with one attached hydrogen (secondary N) is 1. The maximum absolute atomic E-state index is 5.96. The fraction of sp³-hybridized carbons (Fsp3) is 0.111. The summed E-state index contributed by atoms with van der Waals surface area (Å²) in [4.78, 5) is 3.54. The molecule has 0 radical (unpaired) electrons. The Morgan fingerprint density at radius 1 is 0.619 bits per heavy atom. The van der Waals surface area contributed by atoms with E-state index in [-0.39, 0.29) is 0 Å². The van der Waals surface area contributed by atoms with Gasteiger partial charge in [0.1, 0.15) is 0 Å². The average Bonchev–Trinajstić information content (AvgIpc) is 2.78. The van der Waals surface area contributed by atoms with E-state index < -0.39 is 0 Å². The maximum atomic E-state index is 5.96. The number of H-pyrrole nitrogens is 1. The minimum Gasteiger partial charge on any atom is -0.354 e. The first-order valence-corrected chi connectivity index (χ1v) is 7.53. The zero-order valence-electron chi connectivity index (χ0n) is 11.9. The van der Waals surface area contributed by atoms with Gasteiger partial charge in [-0.15, -0.1) is 0 Å². The topological polar surface area (TPSA) is 15.8 Å². The van der Waals surface area contributed by atoms with Crippen molar-refractivity contribution in [2.24, 2.45) is 0 Å². The largest absolute Gasteiger partial charge is 0.354 e. The van der Waals surface area contributed by atoms with Crippen LogP contribution in [0.25, 0.3) is 22.5 Å². The van der Waals surface area contributed by atoms with Crippen molar-refractivity contribution in [1.82, 2.24) is 4.98 Å². The number of benzene rings is 2. The van der Waals surface area contributed by atoms with Gasteiger partial charge in [0.05, 0.1) is 0 Å². The highest BCUT2D eigenvalue weighted by Crippen LogP contribution is 2.33. The molecule has 0 aliphatic rings. The van der Waals surface area contributed by atoms with E-state index in [1.807, 2.05) is 48.5 Å². The molecule has 2 aromatic carbocycles. The van der Waals surface area contributed by atoms with Gasteiger partial charge < -0.3 is 4.98 Å². The first-order chi connectivity index (χ1) is 10.1. The molecule has 1 heterocycles. The predicted molar refractivity (Wildman–Crippen MR) is 91.2 cm³/mol. The van der Waals surface area contributed by atoms with Crippen LogP contribution in [0.2, 0.25) is 10.0 Å². The van der Waals surface area contributed by atoms with Gasteiger partial charge in [-0.1, -0.05) is 47.5 Å². The van der Waals surface area contributed by atoms with E-state index in [4.69, 9.17) is 23.2 Å². The number of aromatic nitrogens is 1. The summed E-state index contributed by atoms with van der Waals surface area (Å²) >= 11 is 11.9. The molecule has 0 bridgehead atoms. The van der Waals surface area contributed by atoms with Crippen LogP contribution in [0.1, 0.15) is 11.1 Å². The van der Waals surface area contributed by atoms with Crippen molar-refractivity contribution >= 4 is 23.2 Å². The van der Waals surface area contributed by atoms with Gasteiger partial charge in [0.2, 0.25) is 0 Å². The van der Waals surface area contributed by atoms with Crippen LogP contribution in [0.5, 0.6) is 0 Å². The highest BCUT2D eigenvalue weighted by molar-refractivity contribution is 6.30. The van der Waals surface area contributed by atoms with E-state index in [1.165, 1.54) is 11.1 Å². The molecule has 0 amide bonds. The van der Waals surface area contributed by atoms with E-state index in [0.29, 0.717) is 0 Å². The lowest BCUT2D eigenvalue weighted by Gasteiger charge is -2.01. The molecule has 21 heavy (non-hydrogen) atoms. The van der Waals surface area contributed by atoms with Crippen LogP contribution in [-0.4, -0.2) is 4.98 Å². The number of rotatable bonds is 2. The Balaban J connectivity index is 2.11. The summed E-state index contributed by atoms with van der Waals surface area (Å²) in [7, 11) is 0. The van der Waals surface area contributed by atoms with E-state index in [2.05, 4.69) is 18.8 Å². The normalized spacial score (nSPS) is 10.9. The summed E-state index contributed by atoms with van der Waals surface area (Å²) < 4.78 is 0. The zero-order valence-corrected chi connectivity index (χ0v) is 13.4. The molecule has 0 fully saturated rings. The third-order valence-electron chi connectivity index (χ3n) is 3.83. The lowest BCUT2D eigenvalue weighted by molar-refractivity contribution is 1.37. The summed E-state index contributed by atoms with van der Waals surface area (Å²) in [5, 5.41) is 1.50. The van der Waals surface area contributed by atoms with E-state index in [9.17, 15) is 0 Å². The maximum Gasteiger partial charge on any atom is 0.0491 e. The highest BCUT2D eigenvalue weighted by atomic mass is 35.5. The molecule has 0 saturated heterocycles. The number of hydrogen-bond acceptors (Lipinski definition) is 0. The molecule has 1 N–H and O–H groups in total. The Morgan fingerprint density at radius 2 is 0.952 bits per heavy atom. The standard InChI is InChI=1S/C18H15Cl2N/c1-11-12(2)18(14-5-9-16(20)10-6-14)21-17(11)13-3-7-15(19)8-4-13/h3-10,21H,1-2H3. The lowest BCUT2D eigenvalue weighted by Crippen LogP contribution is -1.81. The molecular formula is C18H15Cl2N.